The van der Waals surface area contributed by atoms with Crippen molar-refractivity contribution in [3.05, 3.63) is 70.7 Å². The topological polar surface area (TPSA) is 42.9 Å². The minimum absolute atomic E-state index is 0.0555. The van der Waals surface area contributed by atoms with Crippen LogP contribution in [0.5, 0.6) is 0 Å². The lowest BCUT2D eigenvalue weighted by molar-refractivity contribution is -0.657. The molecule has 0 bridgehead atoms. The number of nitrogens with two attached hydrogens (primary N) is 1. The van der Waals surface area contributed by atoms with Gasteiger partial charge in [0.25, 0.3) is 0 Å². The third-order valence-electron chi connectivity index (χ3n) is 3.50. The molecule has 3 nitrogen and oxygen atoms in total. The number of ether oxygens (including phenoxy) is 1. The first-order valence-electron chi connectivity index (χ1n) is 6.84. The lowest BCUT2D eigenvalue weighted by Gasteiger charge is -2.22. The Morgan fingerprint density at radius 2 is 1.71 bits per heavy atom. The smallest absolute Gasteiger partial charge is 0.222 e. The normalized spacial score (nSPS) is 13.7. The molecule has 0 aliphatic rings. The molecule has 0 spiro atoms. The molecule has 2 rings (SSSR count). The van der Waals surface area contributed by atoms with Gasteiger partial charge in [0.15, 0.2) is 6.04 Å². The molecular formula is C17H19ClNO2+. The van der Waals surface area contributed by atoms with Gasteiger partial charge in [0.05, 0.1) is 7.05 Å². The third-order valence-corrected chi connectivity index (χ3v) is 3.75. The molecule has 0 saturated heterocycles. The second-order valence-corrected chi connectivity index (χ2v) is 5.23. The fourth-order valence-corrected chi connectivity index (χ4v) is 2.53. The predicted octanol–water partition coefficient (Wildman–Crippen LogP) is 2.47. The summed E-state index contributed by atoms with van der Waals surface area (Å²) in [4.78, 5) is 12.7. The van der Waals surface area contributed by atoms with Crippen molar-refractivity contribution in [3.63, 3.8) is 0 Å². The number of hydrogen-bond donors (Lipinski definition) is 1. The molecule has 110 valence electrons. The molecule has 0 fully saturated rings. The number of likely N-dealkylation sites (N-methyl/N-ethyl adjacent to an activating group) is 1. The lowest BCUT2D eigenvalue weighted by atomic mass is 9.95. The zero-order valence-electron chi connectivity index (χ0n) is 12.1. The first-order chi connectivity index (χ1) is 10.2. The number of carbonyl (C=O) groups is 1. The Morgan fingerprint density at radius 3 is 2.24 bits per heavy atom. The standard InChI is InChI=1S/C17H18ClNO2/c1-19-15(16(20)12-6-4-3-5-7-12)17(21-2)13-8-10-14(18)11-9-13/h3-11,15,17,19H,1-2H3/p+1/t15-,17-/m0/s1. The second kappa shape index (κ2) is 7.36. The SMILES string of the molecule is C[NH2+][C@@H](C(=O)c1ccccc1)[C@@H](OC)c1ccc(Cl)cc1. The van der Waals surface area contributed by atoms with E-state index in [1.165, 1.54) is 0 Å². The van der Waals surface area contributed by atoms with Crippen molar-refractivity contribution in [3.8, 4) is 0 Å². The summed E-state index contributed by atoms with van der Waals surface area (Å²) >= 11 is 5.92. The monoisotopic (exact) mass is 304 g/mol. The van der Waals surface area contributed by atoms with Crippen LogP contribution in [0, 0.1) is 0 Å². The molecule has 0 saturated carbocycles. The van der Waals surface area contributed by atoms with E-state index in [2.05, 4.69) is 0 Å². The van der Waals surface area contributed by atoms with Gasteiger partial charge < -0.3 is 10.1 Å². The van der Waals surface area contributed by atoms with Gasteiger partial charge in [-0.2, -0.15) is 0 Å². The summed E-state index contributed by atoms with van der Waals surface area (Å²) in [5, 5.41) is 2.55. The number of methoxy groups -OCH3 is 1. The predicted molar refractivity (Wildman–Crippen MR) is 83.6 cm³/mol. The highest BCUT2D eigenvalue weighted by atomic mass is 35.5. The highest BCUT2D eigenvalue weighted by molar-refractivity contribution is 6.30. The number of halogens is 1. The summed E-state index contributed by atoms with van der Waals surface area (Å²) in [6.45, 7) is 0. The van der Waals surface area contributed by atoms with Crippen LogP contribution in [0.25, 0.3) is 0 Å². The van der Waals surface area contributed by atoms with E-state index >= 15 is 0 Å². The van der Waals surface area contributed by atoms with Crippen LogP contribution >= 0.6 is 11.6 Å². The first-order valence-corrected chi connectivity index (χ1v) is 7.22. The Bertz CT molecular complexity index is 583. The van der Waals surface area contributed by atoms with Crippen molar-refractivity contribution >= 4 is 17.4 Å². The van der Waals surface area contributed by atoms with Crippen molar-refractivity contribution in [2.24, 2.45) is 0 Å². The minimum Gasteiger partial charge on any atom is -0.370 e. The molecule has 0 heterocycles. The molecule has 21 heavy (non-hydrogen) atoms. The molecule has 0 unspecified atom stereocenters. The molecule has 0 aromatic heterocycles. The van der Waals surface area contributed by atoms with Gasteiger partial charge in [0.1, 0.15) is 6.10 Å². The van der Waals surface area contributed by atoms with Crippen LogP contribution in [-0.4, -0.2) is 26.0 Å². The van der Waals surface area contributed by atoms with Crippen LogP contribution in [-0.2, 0) is 4.74 Å². The highest BCUT2D eigenvalue weighted by Crippen LogP contribution is 2.23. The minimum atomic E-state index is -0.335. The molecule has 2 N–H and O–H groups in total. The van der Waals surface area contributed by atoms with E-state index in [0.717, 1.165) is 5.56 Å². The molecule has 0 aliphatic heterocycles. The van der Waals surface area contributed by atoms with Crippen LogP contribution in [0.2, 0.25) is 5.02 Å². The van der Waals surface area contributed by atoms with Crippen molar-refractivity contribution in [1.29, 1.82) is 0 Å². The summed E-state index contributed by atoms with van der Waals surface area (Å²) < 4.78 is 5.58. The van der Waals surface area contributed by atoms with E-state index in [1.54, 1.807) is 7.11 Å². The maximum atomic E-state index is 12.7. The third kappa shape index (κ3) is 3.70. The number of hydrogen-bond acceptors (Lipinski definition) is 2. The van der Waals surface area contributed by atoms with E-state index in [0.29, 0.717) is 10.6 Å². The summed E-state index contributed by atoms with van der Waals surface area (Å²) in [6, 6.07) is 16.4. The summed E-state index contributed by atoms with van der Waals surface area (Å²) in [6.07, 6.45) is -0.319. The first kappa shape index (κ1) is 15.7. The van der Waals surface area contributed by atoms with Gasteiger partial charge in [0, 0.05) is 17.7 Å². The van der Waals surface area contributed by atoms with Gasteiger partial charge in [0.2, 0.25) is 5.78 Å². The van der Waals surface area contributed by atoms with Crippen LogP contribution in [0.3, 0.4) is 0 Å². The molecule has 0 aliphatic carbocycles. The Balaban J connectivity index is 2.29. The molecule has 4 heteroatoms. The van der Waals surface area contributed by atoms with Gasteiger partial charge in [-0.25, -0.2) is 0 Å². The van der Waals surface area contributed by atoms with Crippen molar-refractivity contribution < 1.29 is 14.8 Å². The van der Waals surface area contributed by atoms with E-state index in [1.807, 2.05) is 67.0 Å². The van der Waals surface area contributed by atoms with E-state index in [9.17, 15) is 4.79 Å². The average Bonchev–Trinajstić information content (AvgIpc) is 2.54. The molecule has 0 amide bonds. The fourth-order valence-electron chi connectivity index (χ4n) is 2.40. The molecule has 2 atom stereocenters. The lowest BCUT2D eigenvalue weighted by Crippen LogP contribution is -2.89. The Kier molecular flexibility index (Phi) is 5.51. The highest BCUT2D eigenvalue weighted by Gasteiger charge is 2.32. The van der Waals surface area contributed by atoms with Crippen molar-refractivity contribution in [2.45, 2.75) is 12.1 Å². The Morgan fingerprint density at radius 1 is 1.10 bits per heavy atom. The van der Waals surface area contributed by atoms with Gasteiger partial charge in [-0.15, -0.1) is 0 Å². The number of benzene rings is 2. The Labute approximate surface area is 129 Å². The van der Waals surface area contributed by atoms with E-state index < -0.39 is 0 Å². The van der Waals surface area contributed by atoms with Crippen LogP contribution < -0.4 is 5.32 Å². The van der Waals surface area contributed by atoms with Crippen LogP contribution in [0.4, 0.5) is 0 Å². The molecule has 2 aromatic carbocycles. The maximum absolute atomic E-state index is 12.7. The zero-order valence-corrected chi connectivity index (χ0v) is 12.9. The second-order valence-electron chi connectivity index (χ2n) is 4.80. The van der Waals surface area contributed by atoms with E-state index in [4.69, 9.17) is 16.3 Å². The summed E-state index contributed by atoms with van der Waals surface area (Å²) in [5.41, 5.74) is 1.63. The van der Waals surface area contributed by atoms with Gasteiger partial charge >= 0.3 is 0 Å². The quantitative estimate of drug-likeness (QED) is 0.833. The number of carbonyl (C=O) groups excluding carboxylic acids is 1. The largest absolute Gasteiger partial charge is 0.370 e. The molecule has 2 aromatic rings. The van der Waals surface area contributed by atoms with Crippen LogP contribution in [0.15, 0.2) is 54.6 Å². The number of ketones is 1. The van der Waals surface area contributed by atoms with Crippen LogP contribution in [0.1, 0.15) is 22.0 Å². The van der Waals surface area contributed by atoms with Crippen molar-refractivity contribution in [1.82, 2.24) is 0 Å². The molecule has 0 radical (unpaired) electrons. The number of rotatable bonds is 6. The summed E-state index contributed by atoms with van der Waals surface area (Å²) in [5.74, 6) is 0.0555. The Hall–Kier alpha value is -1.68. The van der Waals surface area contributed by atoms with E-state index in [-0.39, 0.29) is 17.9 Å². The zero-order chi connectivity index (χ0) is 15.2. The van der Waals surface area contributed by atoms with Gasteiger partial charge in [-0.05, 0) is 17.7 Å². The fraction of sp³-hybridized carbons (Fsp3) is 0.235. The maximum Gasteiger partial charge on any atom is 0.222 e. The van der Waals surface area contributed by atoms with Gasteiger partial charge in [-0.1, -0.05) is 54.1 Å². The molecular weight excluding hydrogens is 286 g/mol. The summed E-state index contributed by atoms with van der Waals surface area (Å²) in [7, 11) is 3.50. The average molecular weight is 305 g/mol. The number of Topliss-reactive ketones (excluding diaryl/α,β-unsaturated/α-hetero) is 1. The number of quaternary nitrogens is 1. The van der Waals surface area contributed by atoms with Gasteiger partial charge in [-0.3, -0.25) is 4.79 Å². The van der Waals surface area contributed by atoms with Crippen molar-refractivity contribution in [2.75, 3.05) is 14.2 Å².